The molecular weight excluding hydrogens is 324 g/mol. The van der Waals surface area contributed by atoms with Gasteiger partial charge in [-0.25, -0.2) is 4.79 Å². The van der Waals surface area contributed by atoms with E-state index in [0.29, 0.717) is 16.7 Å². The molecule has 0 bridgehead atoms. The Hall–Kier alpha value is -3.46. The van der Waals surface area contributed by atoms with Gasteiger partial charge in [0.1, 0.15) is 5.58 Å². The minimum Gasteiger partial charge on any atom is -0.422 e. The molecule has 0 aliphatic heterocycles. The summed E-state index contributed by atoms with van der Waals surface area (Å²) in [6.07, 6.45) is 0. The summed E-state index contributed by atoms with van der Waals surface area (Å²) in [5.74, 6) is -0.00500. The maximum atomic E-state index is 12.4. The molecule has 0 N–H and O–H groups in total. The standard InChI is InChI=1S/C23H16O3/c1-15(24)16-7-9-18(10-8-16)21-14-20-13-19(17-5-3-2-4-6-17)11-12-22(20)26-23(21)25/h2-14H,1H3. The van der Waals surface area contributed by atoms with Crippen LogP contribution in [0.2, 0.25) is 0 Å². The summed E-state index contributed by atoms with van der Waals surface area (Å²) in [6.45, 7) is 1.52. The molecule has 4 rings (SSSR count). The summed E-state index contributed by atoms with van der Waals surface area (Å²) in [5, 5.41) is 0.858. The number of Topliss-reactive ketones (excluding diaryl/α,β-unsaturated/α-hetero) is 1. The summed E-state index contributed by atoms with van der Waals surface area (Å²) in [4.78, 5) is 23.8. The monoisotopic (exact) mass is 340 g/mol. The van der Waals surface area contributed by atoms with Crippen molar-refractivity contribution in [3.8, 4) is 22.3 Å². The van der Waals surface area contributed by atoms with Crippen molar-refractivity contribution in [3.63, 3.8) is 0 Å². The SMILES string of the molecule is CC(=O)c1ccc(-c2cc3cc(-c4ccccc4)ccc3oc2=O)cc1. The molecule has 0 saturated carbocycles. The summed E-state index contributed by atoms with van der Waals surface area (Å²) in [7, 11) is 0. The van der Waals surface area contributed by atoms with Gasteiger partial charge in [0.2, 0.25) is 0 Å². The van der Waals surface area contributed by atoms with E-state index in [0.717, 1.165) is 22.1 Å². The predicted molar refractivity (Wildman–Crippen MR) is 103 cm³/mol. The molecule has 0 aliphatic rings. The lowest BCUT2D eigenvalue weighted by atomic mass is 10.0. The van der Waals surface area contributed by atoms with E-state index in [2.05, 4.69) is 0 Å². The normalized spacial score (nSPS) is 10.8. The predicted octanol–water partition coefficient (Wildman–Crippen LogP) is 5.33. The largest absolute Gasteiger partial charge is 0.422 e. The summed E-state index contributed by atoms with van der Waals surface area (Å²) in [6, 6.07) is 24.7. The Bertz CT molecular complexity index is 1150. The van der Waals surface area contributed by atoms with Crippen LogP contribution < -0.4 is 5.63 Å². The molecule has 0 atom stereocenters. The zero-order valence-corrected chi connectivity index (χ0v) is 14.2. The maximum absolute atomic E-state index is 12.4. The summed E-state index contributed by atoms with van der Waals surface area (Å²) >= 11 is 0. The zero-order valence-electron chi connectivity index (χ0n) is 14.2. The molecule has 0 unspecified atom stereocenters. The van der Waals surface area contributed by atoms with Crippen LogP contribution in [0, 0.1) is 0 Å². The Morgan fingerprint density at radius 2 is 1.46 bits per heavy atom. The van der Waals surface area contributed by atoms with Crippen molar-refractivity contribution >= 4 is 16.8 Å². The Morgan fingerprint density at radius 1 is 0.769 bits per heavy atom. The number of hydrogen-bond acceptors (Lipinski definition) is 3. The van der Waals surface area contributed by atoms with Gasteiger partial charge >= 0.3 is 5.63 Å². The molecule has 1 heterocycles. The van der Waals surface area contributed by atoms with Crippen LogP contribution in [0.3, 0.4) is 0 Å². The van der Waals surface area contributed by atoms with Gasteiger partial charge in [-0.2, -0.15) is 0 Å². The fourth-order valence-corrected chi connectivity index (χ4v) is 3.02. The third-order valence-electron chi connectivity index (χ3n) is 4.44. The van der Waals surface area contributed by atoms with E-state index in [4.69, 9.17) is 4.42 Å². The van der Waals surface area contributed by atoms with Crippen molar-refractivity contribution in [2.45, 2.75) is 6.92 Å². The average Bonchev–Trinajstić information content (AvgIpc) is 2.68. The quantitative estimate of drug-likeness (QED) is 0.374. The van der Waals surface area contributed by atoms with Crippen LogP contribution in [-0.4, -0.2) is 5.78 Å². The Labute approximate surface area is 150 Å². The first kappa shape index (κ1) is 16.0. The van der Waals surface area contributed by atoms with Crippen LogP contribution in [0.25, 0.3) is 33.2 Å². The highest BCUT2D eigenvalue weighted by atomic mass is 16.4. The second-order valence-electron chi connectivity index (χ2n) is 6.20. The first-order chi connectivity index (χ1) is 12.6. The van der Waals surface area contributed by atoms with E-state index in [9.17, 15) is 9.59 Å². The lowest BCUT2D eigenvalue weighted by Gasteiger charge is -2.06. The van der Waals surface area contributed by atoms with Gasteiger partial charge in [-0.3, -0.25) is 4.79 Å². The molecule has 0 spiro atoms. The van der Waals surface area contributed by atoms with Gasteiger partial charge < -0.3 is 4.42 Å². The molecule has 126 valence electrons. The molecule has 0 fully saturated rings. The molecule has 1 aromatic heterocycles. The summed E-state index contributed by atoms with van der Waals surface area (Å²) in [5.41, 5.74) is 4.16. The van der Waals surface area contributed by atoms with E-state index in [1.165, 1.54) is 6.92 Å². The van der Waals surface area contributed by atoms with Crippen molar-refractivity contribution < 1.29 is 9.21 Å². The Morgan fingerprint density at radius 3 is 2.15 bits per heavy atom. The van der Waals surface area contributed by atoms with Crippen LogP contribution in [0.15, 0.2) is 88.1 Å². The number of carbonyl (C=O) groups excluding carboxylic acids is 1. The minimum atomic E-state index is -0.388. The first-order valence-electron chi connectivity index (χ1n) is 8.36. The Balaban J connectivity index is 1.84. The van der Waals surface area contributed by atoms with Gasteiger partial charge in [-0.1, -0.05) is 60.7 Å². The number of rotatable bonds is 3. The summed E-state index contributed by atoms with van der Waals surface area (Å²) < 4.78 is 5.49. The van der Waals surface area contributed by atoms with Crippen molar-refractivity contribution in [2.75, 3.05) is 0 Å². The second kappa shape index (κ2) is 6.45. The highest BCUT2D eigenvalue weighted by molar-refractivity contribution is 5.94. The van der Waals surface area contributed by atoms with Crippen LogP contribution in [0.4, 0.5) is 0 Å². The molecule has 0 amide bonds. The van der Waals surface area contributed by atoms with E-state index >= 15 is 0 Å². The lowest BCUT2D eigenvalue weighted by Crippen LogP contribution is -2.03. The van der Waals surface area contributed by atoms with Crippen LogP contribution >= 0.6 is 0 Å². The lowest BCUT2D eigenvalue weighted by molar-refractivity contribution is 0.101. The number of hydrogen-bond donors (Lipinski definition) is 0. The third-order valence-corrected chi connectivity index (χ3v) is 4.44. The van der Waals surface area contributed by atoms with Crippen LogP contribution in [-0.2, 0) is 0 Å². The van der Waals surface area contributed by atoms with Crippen molar-refractivity contribution in [1.82, 2.24) is 0 Å². The third kappa shape index (κ3) is 2.95. The van der Waals surface area contributed by atoms with Crippen molar-refractivity contribution in [3.05, 3.63) is 94.8 Å². The molecule has 0 aliphatic carbocycles. The molecule has 4 aromatic rings. The molecule has 3 aromatic carbocycles. The molecule has 0 radical (unpaired) electrons. The molecule has 3 nitrogen and oxygen atoms in total. The van der Waals surface area contributed by atoms with Gasteiger partial charge in [0, 0.05) is 10.9 Å². The maximum Gasteiger partial charge on any atom is 0.344 e. The highest BCUT2D eigenvalue weighted by Gasteiger charge is 2.10. The zero-order chi connectivity index (χ0) is 18.1. The minimum absolute atomic E-state index is 0.00500. The van der Waals surface area contributed by atoms with Gasteiger partial charge in [-0.05, 0) is 41.8 Å². The van der Waals surface area contributed by atoms with E-state index in [1.54, 1.807) is 24.3 Å². The van der Waals surface area contributed by atoms with E-state index < -0.39 is 0 Å². The van der Waals surface area contributed by atoms with Gasteiger partial charge in [0.25, 0.3) is 0 Å². The molecule has 0 saturated heterocycles. The fourth-order valence-electron chi connectivity index (χ4n) is 3.02. The fraction of sp³-hybridized carbons (Fsp3) is 0.0435. The molecule has 26 heavy (non-hydrogen) atoms. The van der Waals surface area contributed by atoms with Gasteiger partial charge in [-0.15, -0.1) is 0 Å². The smallest absolute Gasteiger partial charge is 0.344 e. The average molecular weight is 340 g/mol. The number of fused-ring (bicyclic) bond motifs is 1. The van der Waals surface area contributed by atoms with Gasteiger partial charge in [0.15, 0.2) is 5.78 Å². The van der Waals surface area contributed by atoms with E-state index in [1.807, 2.05) is 54.6 Å². The topological polar surface area (TPSA) is 47.3 Å². The first-order valence-corrected chi connectivity index (χ1v) is 8.36. The van der Waals surface area contributed by atoms with Crippen molar-refractivity contribution in [2.24, 2.45) is 0 Å². The second-order valence-corrected chi connectivity index (χ2v) is 6.20. The van der Waals surface area contributed by atoms with Crippen molar-refractivity contribution in [1.29, 1.82) is 0 Å². The number of carbonyl (C=O) groups is 1. The molecule has 3 heteroatoms. The van der Waals surface area contributed by atoms with E-state index in [-0.39, 0.29) is 11.4 Å². The van der Waals surface area contributed by atoms with Gasteiger partial charge in [0.05, 0.1) is 5.56 Å². The Kier molecular flexibility index (Phi) is 3.98. The number of benzene rings is 3. The van der Waals surface area contributed by atoms with Crippen LogP contribution in [0.1, 0.15) is 17.3 Å². The molecular formula is C23H16O3. The van der Waals surface area contributed by atoms with Crippen LogP contribution in [0.5, 0.6) is 0 Å². The highest BCUT2D eigenvalue weighted by Crippen LogP contribution is 2.26. The number of ketones is 1.